The molecule has 0 bridgehead atoms. The van der Waals surface area contributed by atoms with Gasteiger partial charge in [-0.15, -0.1) is 0 Å². The fraction of sp³-hybridized carbons (Fsp3) is 0.231. The van der Waals surface area contributed by atoms with Gasteiger partial charge in [0.15, 0.2) is 0 Å². The number of benzene rings is 3. The summed E-state index contributed by atoms with van der Waals surface area (Å²) in [6.45, 7) is 16.4. The van der Waals surface area contributed by atoms with Crippen LogP contribution in [0.15, 0.2) is 141 Å². The van der Waals surface area contributed by atoms with Crippen molar-refractivity contribution in [2.75, 3.05) is 0 Å². The van der Waals surface area contributed by atoms with Gasteiger partial charge in [0.2, 0.25) is 0 Å². The molecule has 0 amide bonds. The molecule has 0 unspecified atom stereocenters. The number of hydrogen-bond donors (Lipinski definition) is 0. The third-order valence-corrected chi connectivity index (χ3v) is 8.22. The number of para-hydroxylation sites is 1. The van der Waals surface area contributed by atoms with Gasteiger partial charge in [-0.2, -0.15) is 0 Å². The summed E-state index contributed by atoms with van der Waals surface area (Å²) in [5.41, 5.74) is 7.32. The Hall–Kier alpha value is -3.27. The molecule has 1 aliphatic carbocycles. The average Bonchev–Trinajstić information content (AvgIpc) is 3.16. The molecule has 0 saturated heterocycles. The maximum absolute atomic E-state index is 3.68. The first-order valence-corrected chi connectivity index (χ1v) is 16.7. The number of aryl methyl sites for hydroxylation is 1. The molecule has 0 fully saturated rings. The zero-order valence-corrected chi connectivity index (χ0v) is 28.9. The standard InChI is InChI=1S/C33H28BrNS.3C2H6/c1-24-11-7-9-17-32(24)36-33-25(2)12-6-8-16-30(33)26-13-10-22-35(29-14-4-3-5-15-29)31-21-20-28(34)23-27(31)19-18-26;3*1-2/h3-5,7-23H,6H2,1-2H3;3*1-2H3. The molecule has 4 aromatic rings. The second-order valence-corrected chi connectivity index (χ2v) is 10.8. The van der Waals surface area contributed by atoms with Crippen LogP contribution in [0.2, 0.25) is 0 Å². The van der Waals surface area contributed by atoms with Crippen molar-refractivity contribution in [2.45, 2.75) is 66.7 Å². The van der Waals surface area contributed by atoms with Gasteiger partial charge in [-0.1, -0.05) is 142 Å². The minimum Gasteiger partial charge on any atom is -0.317 e. The molecule has 0 atom stereocenters. The highest BCUT2D eigenvalue weighted by Gasteiger charge is 2.14. The van der Waals surface area contributed by atoms with Gasteiger partial charge in [-0.05, 0) is 90.4 Å². The highest BCUT2D eigenvalue weighted by Crippen LogP contribution is 2.40. The van der Waals surface area contributed by atoms with Crippen LogP contribution in [0.4, 0.5) is 0 Å². The average molecular weight is 641 g/mol. The second-order valence-electron chi connectivity index (χ2n) is 8.84. The molecule has 1 heterocycles. The van der Waals surface area contributed by atoms with Crippen molar-refractivity contribution in [1.29, 1.82) is 0 Å². The van der Waals surface area contributed by atoms with Crippen molar-refractivity contribution in [3.63, 3.8) is 0 Å². The topological polar surface area (TPSA) is 4.93 Å². The lowest BCUT2D eigenvalue weighted by molar-refractivity contribution is 1.11. The van der Waals surface area contributed by atoms with Crippen molar-refractivity contribution in [3.05, 3.63) is 148 Å². The number of nitrogens with zero attached hydrogens (tertiary/aromatic N) is 1. The Morgan fingerprint density at radius 3 is 2.12 bits per heavy atom. The van der Waals surface area contributed by atoms with E-state index in [1.165, 1.54) is 32.1 Å². The zero-order valence-electron chi connectivity index (χ0n) is 26.5. The number of halogens is 1. The van der Waals surface area contributed by atoms with Crippen molar-refractivity contribution in [3.8, 4) is 5.69 Å². The van der Waals surface area contributed by atoms with Gasteiger partial charge >= 0.3 is 0 Å². The molecule has 0 radical (unpaired) electrons. The van der Waals surface area contributed by atoms with Crippen LogP contribution in [0.1, 0.15) is 66.0 Å². The normalized spacial score (nSPS) is 11.9. The SMILES string of the molecule is CC.CC.CC.CC1=CCC=CC(c2cccn(-c3ccccc3)c3ccc(Br)cc3cc2)=C1Sc1ccccc1C. The first kappa shape index (κ1) is 34.9. The van der Waals surface area contributed by atoms with E-state index in [1.807, 2.05) is 53.3 Å². The number of fused-ring (bicyclic) bond motifs is 1. The molecule has 1 aromatic heterocycles. The van der Waals surface area contributed by atoms with E-state index >= 15 is 0 Å². The van der Waals surface area contributed by atoms with E-state index in [0.29, 0.717) is 0 Å². The quantitative estimate of drug-likeness (QED) is 0.215. The summed E-state index contributed by atoms with van der Waals surface area (Å²) < 4.78 is 3.31. The Morgan fingerprint density at radius 2 is 1.40 bits per heavy atom. The maximum atomic E-state index is 3.68. The lowest BCUT2D eigenvalue weighted by atomic mass is 10.0. The highest BCUT2D eigenvalue weighted by molar-refractivity contribution is 9.10. The van der Waals surface area contributed by atoms with Crippen LogP contribution < -0.4 is 0 Å². The molecule has 1 nitrogen and oxygen atoms in total. The molecular weight excluding hydrogens is 594 g/mol. The van der Waals surface area contributed by atoms with E-state index in [0.717, 1.165) is 27.5 Å². The predicted octanol–water partition coefficient (Wildman–Crippen LogP) is 13.3. The summed E-state index contributed by atoms with van der Waals surface area (Å²) >= 11 is 5.54. The van der Waals surface area contributed by atoms with Gasteiger partial charge in [0.05, 0.1) is 5.52 Å². The molecule has 220 valence electrons. The molecule has 0 aliphatic heterocycles. The smallest absolute Gasteiger partial charge is 0.0528 e. The van der Waals surface area contributed by atoms with Gasteiger partial charge in [-0.25, -0.2) is 0 Å². The highest BCUT2D eigenvalue weighted by atomic mass is 79.9. The molecule has 0 spiro atoms. The monoisotopic (exact) mass is 639 g/mol. The van der Waals surface area contributed by atoms with Crippen LogP contribution in [0.5, 0.6) is 0 Å². The van der Waals surface area contributed by atoms with E-state index < -0.39 is 0 Å². The van der Waals surface area contributed by atoms with Crippen LogP contribution in [0.25, 0.3) is 22.2 Å². The molecule has 42 heavy (non-hydrogen) atoms. The van der Waals surface area contributed by atoms with Gasteiger partial charge in [0.1, 0.15) is 0 Å². The van der Waals surface area contributed by atoms with Crippen LogP contribution in [-0.4, -0.2) is 4.57 Å². The Kier molecular flexibility index (Phi) is 15.8. The number of allylic oxidation sites excluding steroid dienone is 5. The molecule has 5 rings (SSSR count). The molecule has 0 saturated carbocycles. The number of aromatic nitrogens is 1. The summed E-state index contributed by atoms with van der Waals surface area (Å²) in [7, 11) is 0. The summed E-state index contributed by atoms with van der Waals surface area (Å²) in [5.74, 6) is 0. The Morgan fingerprint density at radius 1 is 0.714 bits per heavy atom. The van der Waals surface area contributed by atoms with Crippen molar-refractivity contribution < 1.29 is 0 Å². The summed E-state index contributed by atoms with van der Waals surface area (Å²) in [5, 5.41) is 1.16. The van der Waals surface area contributed by atoms with E-state index in [1.54, 1.807) is 0 Å². The first-order chi connectivity index (χ1) is 20.6. The lowest BCUT2D eigenvalue weighted by Gasteiger charge is -2.14. The van der Waals surface area contributed by atoms with E-state index in [-0.39, 0.29) is 0 Å². The molecule has 3 aromatic carbocycles. The number of thioether (sulfide) groups is 1. The van der Waals surface area contributed by atoms with Crippen LogP contribution in [0.3, 0.4) is 0 Å². The zero-order chi connectivity index (χ0) is 30.9. The number of hydrogen-bond acceptors (Lipinski definition) is 1. The van der Waals surface area contributed by atoms with E-state index in [4.69, 9.17) is 0 Å². The van der Waals surface area contributed by atoms with Gasteiger partial charge in [-0.3, -0.25) is 0 Å². The Balaban J connectivity index is 0.000000966. The molecule has 3 heteroatoms. The Labute approximate surface area is 267 Å². The van der Waals surface area contributed by atoms with Crippen molar-refractivity contribution in [2.24, 2.45) is 0 Å². The minimum atomic E-state index is 0.942. The summed E-state index contributed by atoms with van der Waals surface area (Å²) in [6, 6.07) is 34.4. The lowest BCUT2D eigenvalue weighted by Crippen LogP contribution is -1.93. The van der Waals surface area contributed by atoms with Gasteiger partial charge in [0, 0.05) is 26.2 Å². The fourth-order valence-electron chi connectivity index (χ4n) is 4.37. The second kappa shape index (κ2) is 19.0. The third-order valence-electron chi connectivity index (χ3n) is 6.30. The maximum Gasteiger partial charge on any atom is 0.0528 e. The van der Waals surface area contributed by atoms with Gasteiger partial charge < -0.3 is 4.57 Å². The third kappa shape index (κ3) is 9.37. The fourth-order valence-corrected chi connectivity index (χ4v) is 5.89. The van der Waals surface area contributed by atoms with Crippen molar-refractivity contribution >= 4 is 44.2 Å². The summed E-state index contributed by atoms with van der Waals surface area (Å²) in [4.78, 5) is 2.59. The molecular formula is C39H46BrNS. The predicted molar refractivity (Wildman–Crippen MR) is 194 cm³/mol. The van der Waals surface area contributed by atoms with E-state index in [2.05, 4.69) is 156 Å². The first-order valence-electron chi connectivity index (χ1n) is 15.1. The van der Waals surface area contributed by atoms with Gasteiger partial charge in [0.25, 0.3) is 0 Å². The van der Waals surface area contributed by atoms with Crippen LogP contribution >= 0.6 is 27.7 Å². The Bertz CT molecular complexity index is 1560. The summed E-state index contributed by atoms with van der Waals surface area (Å²) in [6.07, 6.45) is 9.97. The largest absolute Gasteiger partial charge is 0.317 e. The van der Waals surface area contributed by atoms with Crippen LogP contribution in [-0.2, 0) is 0 Å². The molecule has 0 N–H and O–H groups in total. The van der Waals surface area contributed by atoms with Crippen LogP contribution in [0, 0.1) is 6.92 Å². The van der Waals surface area contributed by atoms with E-state index in [9.17, 15) is 0 Å². The minimum absolute atomic E-state index is 0.942. The van der Waals surface area contributed by atoms with Crippen molar-refractivity contribution in [1.82, 2.24) is 4.57 Å². The molecule has 1 aliphatic rings. The number of rotatable bonds is 4.